The molecule has 0 saturated heterocycles. The van der Waals surface area contributed by atoms with Crippen LogP contribution in [0.25, 0.3) is 0 Å². The predicted octanol–water partition coefficient (Wildman–Crippen LogP) is 1.26. The molecule has 2 rings (SSSR count). The summed E-state index contributed by atoms with van der Waals surface area (Å²) in [7, 11) is -2.47. The molecule has 134 valence electrons. The molecule has 9 heteroatoms. The zero-order valence-electron chi connectivity index (χ0n) is 13.8. The largest absolute Gasteiger partial charge is 0.465 e. The molecule has 0 radical (unpaired) electrons. The molecule has 0 aliphatic rings. The Balaban J connectivity index is 2.18. The number of benzene rings is 1. The third kappa shape index (κ3) is 4.60. The van der Waals surface area contributed by atoms with Crippen LogP contribution >= 0.6 is 0 Å². The number of nitrogens with one attached hydrogen (secondary N) is 1. The van der Waals surface area contributed by atoms with Gasteiger partial charge in [0.15, 0.2) is 5.76 Å². The molecule has 0 fully saturated rings. The number of hydrogen-bond donors (Lipinski definition) is 1. The number of anilines is 1. The van der Waals surface area contributed by atoms with Gasteiger partial charge in [-0.2, -0.15) is 0 Å². The summed E-state index contributed by atoms with van der Waals surface area (Å²) in [6, 6.07) is 9.26. The molecule has 1 aromatic heterocycles. The van der Waals surface area contributed by atoms with E-state index < -0.39 is 21.9 Å². The van der Waals surface area contributed by atoms with Crippen LogP contribution in [0, 0.1) is 0 Å². The van der Waals surface area contributed by atoms with E-state index in [-0.39, 0.29) is 30.1 Å². The van der Waals surface area contributed by atoms with Crippen molar-refractivity contribution in [1.29, 1.82) is 0 Å². The topological polar surface area (TPSA) is 106 Å². The van der Waals surface area contributed by atoms with Crippen molar-refractivity contribution in [1.82, 2.24) is 5.32 Å². The SMILES string of the molecule is COC(=O)c1ccccc1N(CCNC(=O)c1ccco1)S(C)(=O)=O. The molecule has 1 amide bonds. The number of para-hydroxylation sites is 1. The van der Waals surface area contributed by atoms with Crippen LogP contribution in [0.15, 0.2) is 47.1 Å². The van der Waals surface area contributed by atoms with Gasteiger partial charge in [-0.05, 0) is 24.3 Å². The highest BCUT2D eigenvalue weighted by Crippen LogP contribution is 2.23. The smallest absolute Gasteiger partial charge is 0.340 e. The molecular weight excluding hydrogens is 348 g/mol. The maximum atomic E-state index is 12.1. The average Bonchev–Trinajstić information content (AvgIpc) is 3.11. The van der Waals surface area contributed by atoms with Crippen LogP contribution in [0.2, 0.25) is 0 Å². The third-order valence-corrected chi connectivity index (χ3v) is 4.50. The minimum Gasteiger partial charge on any atom is -0.465 e. The van der Waals surface area contributed by atoms with Gasteiger partial charge in [0.2, 0.25) is 10.0 Å². The van der Waals surface area contributed by atoms with E-state index in [0.717, 1.165) is 10.6 Å². The fraction of sp³-hybridized carbons (Fsp3) is 0.250. The Labute approximate surface area is 145 Å². The van der Waals surface area contributed by atoms with Crippen LogP contribution in [0.4, 0.5) is 5.69 Å². The highest BCUT2D eigenvalue weighted by atomic mass is 32.2. The Hall–Kier alpha value is -2.81. The molecule has 0 saturated carbocycles. The molecular formula is C16H18N2O6S. The summed E-state index contributed by atoms with van der Waals surface area (Å²) in [5.41, 5.74) is 0.303. The van der Waals surface area contributed by atoms with Crippen molar-refractivity contribution in [2.45, 2.75) is 0 Å². The second-order valence-corrected chi connectivity index (χ2v) is 6.98. The van der Waals surface area contributed by atoms with E-state index in [1.54, 1.807) is 18.2 Å². The van der Waals surface area contributed by atoms with Crippen molar-refractivity contribution in [2.24, 2.45) is 0 Å². The Morgan fingerprint density at radius 3 is 2.52 bits per heavy atom. The summed E-state index contributed by atoms with van der Waals surface area (Å²) in [4.78, 5) is 23.7. The molecule has 0 aliphatic heterocycles. The van der Waals surface area contributed by atoms with Gasteiger partial charge < -0.3 is 14.5 Å². The van der Waals surface area contributed by atoms with E-state index in [4.69, 9.17) is 4.42 Å². The summed E-state index contributed by atoms with van der Waals surface area (Å²) in [6.07, 6.45) is 2.39. The standard InChI is InChI=1S/C16H18N2O6S/c1-23-16(20)12-6-3-4-7-13(12)18(25(2,21)22)10-9-17-15(19)14-8-5-11-24-14/h3-8,11H,9-10H2,1-2H3,(H,17,19). The van der Waals surface area contributed by atoms with Gasteiger partial charge >= 0.3 is 5.97 Å². The first kappa shape index (κ1) is 18.5. The minimum atomic E-state index is -3.68. The molecule has 1 N–H and O–H groups in total. The first-order valence-electron chi connectivity index (χ1n) is 7.31. The number of amides is 1. The zero-order chi connectivity index (χ0) is 18.4. The lowest BCUT2D eigenvalue weighted by molar-refractivity contribution is 0.0601. The van der Waals surface area contributed by atoms with Gasteiger partial charge in [0.1, 0.15) is 0 Å². The van der Waals surface area contributed by atoms with Crippen molar-refractivity contribution in [3.8, 4) is 0 Å². The molecule has 0 spiro atoms. The van der Waals surface area contributed by atoms with Crippen LogP contribution in [-0.4, -0.2) is 46.7 Å². The van der Waals surface area contributed by atoms with Gasteiger partial charge in [-0.15, -0.1) is 0 Å². The number of rotatable bonds is 7. The molecule has 1 heterocycles. The Bertz CT molecular complexity index is 845. The second-order valence-electron chi connectivity index (χ2n) is 5.08. The van der Waals surface area contributed by atoms with E-state index >= 15 is 0 Å². The maximum absolute atomic E-state index is 12.1. The first-order valence-corrected chi connectivity index (χ1v) is 9.16. The Morgan fingerprint density at radius 2 is 1.92 bits per heavy atom. The first-order chi connectivity index (χ1) is 11.8. The fourth-order valence-corrected chi connectivity index (χ4v) is 3.14. The van der Waals surface area contributed by atoms with Crippen LogP contribution in [0.5, 0.6) is 0 Å². The van der Waals surface area contributed by atoms with Crippen LogP contribution in [0.3, 0.4) is 0 Å². The number of sulfonamides is 1. The number of nitrogens with zero attached hydrogens (tertiary/aromatic N) is 1. The van der Waals surface area contributed by atoms with Crippen molar-refractivity contribution < 1.29 is 27.2 Å². The molecule has 0 atom stereocenters. The maximum Gasteiger partial charge on any atom is 0.340 e. The highest BCUT2D eigenvalue weighted by Gasteiger charge is 2.23. The molecule has 0 aliphatic carbocycles. The van der Waals surface area contributed by atoms with Gasteiger partial charge in [-0.1, -0.05) is 12.1 Å². The normalized spacial score (nSPS) is 11.0. The van der Waals surface area contributed by atoms with Crippen LogP contribution < -0.4 is 9.62 Å². The number of furan rings is 1. The Kier molecular flexibility index (Phi) is 5.81. The van der Waals surface area contributed by atoms with E-state index in [1.165, 1.54) is 31.6 Å². The molecule has 0 bridgehead atoms. The summed E-state index contributed by atoms with van der Waals surface area (Å²) in [5.74, 6) is -0.982. The number of esters is 1. The van der Waals surface area contributed by atoms with Crippen molar-refractivity contribution >= 4 is 27.6 Å². The molecule has 1 aromatic carbocycles. The Morgan fingerprint density at radius 1 is 1.20 bits per heavy atom. The highest BCUT2D eigenvalue weighted by molar-refractivity contribution is 7.92. The number of ether oxygens (including phenoxy) is 1. The van der Waals surface area contributed by atoms with Crippen molar-refractivity contribution in [2.75, 3.05) is 30.8 Å². The number of carbonyl (C=O) groups is 2. The molecule has 25 heavy (non-hydrogen) atoms. The third-order valence-electron chi connectivity index (χ3n) is 3.32. The lowest BCUT2D eigenvalue weighted by Crippen LogP contribution is -2.38. The minimum absolute atomic E-state index is 0.0299. The van der Waals surface area contributed by atoms with Gasteiger partial charge in [0, 0.05) is 6.54 Å². The summed E-state index contributed by atoms with van der Waals surface area (Å²) in [6.45, 7) is -0.0264. The van der Waals surface area contributed by atoms with Crippen LogP contribution in [0.1, 0.15) is 20.9 Å². The molecule has 2 aromatic rings. The average molecular weight is 366 g/mol. The molecule has 8 nitrogen and oxygen atoms in total. The van der Waals surface area contributed by atoms with E-state index in [1.807, 2.05) is 0 Å². The van der Waals surface area contributed by atoms with Gasteiger partial charge in [0.25, 0.3) is 5.91 Å². The van der Waals surface area contributed by atoms with Gasteiger partial charge in [-0.3, -0.25) is 9.10 Å². The number of methoxy groups -OCH3 is 1. The second kappa shape index (κ2) is 7.84. The quantitative estimate of drug-likeness (QED) is 0.740. The fourth-order valence-electron chi connectivity index (χ4n) is 2.20. The summed E-state index contributed by atoms with van der Waals surface area (Å²) in [5, 5.41) is 2.57. The van der Waals surface area contributed by atoms with E-state index in [0.29, 0.717) is 0 Å². The lowest BCUT2D eigenvalue weighted by Gasteiger charge is -2.24. The lowest BCUT2D eigenvalue weighted by atomic mass is 10.2. The predicted molar refractivity (Wildman–Crippen MR) is 91.0 cm³/mol. The monoisotopic (exact) mass is 366 g/mol. The van der Waals surface area contributed by atoms with Crippen molar-refractivity contribution in [3.63, 3.8) is 0 Å². The summed E-state index contributed by atoms with van der Waals surface area (Å²) < 4.78 is 35.0. The van der Waals surface area contributed by atoms with E-state index in [9.17, 15) is 18.0 Å². The van der Waals surface area contributed by atoms with E-state index in [2.05, 4.69) is 10.1 Å². The number of carbonyl (C=O) groups excluding carboxylic acids is 2. The van der Waals surface area contributed by atoms with Gasteiger partial charge in [0.05, 0.1) is 37.4 Å². The molecule has 0 unspecified atom stereocenters. The number of hydrogen-bond acceptors (Lipinski definition) is 6. The zero-order valence-corrected chi connectivity index (χ0v) is 14.6. The summed E-state index contributed by atoms with van der Waals surface area (Å²) >= 11 is 0. The van der Waals surface area contributed by atoms with Crippen molar-refractivity contribution in [3.05, 3.63) is 54.0 Å². The van der Waals surface area contributed by atoms with Gasteiger partial charge in [-0.25, -0.2) is 13.2 Å². The van der Waals surface area contributed by atoms with Crippen LogP contribution in [-0.2, 0) is 14.8 Å².